The summed E-state index contributed by atoms with van der Waals surface area (Å²) in [6.45, 7) is 4.01. The molecule has 0 aromatic rings. The minimum Gasteiger partial charge on any atom is -0.394 e. The van der Waals surface area contributed by atoms with Crippen molar-refractivity contribution >= 4 is 5.91 Å². The standard InChI is InChI=1S/C33H55NO3/c1-3-5-7-9-10-11-12-13-14-15-16-17-18-19-20-21-22-23-24-25-27-29-33(37)34-31(30-35)32(36)28-26-8-6-4-2/h5,7,10-11,13-14,16-17,19-20,26,28,31-32,35-36H,3-4,6,8-9,12,15,18,21-25,27,29-30H2,1-2H3,(H,34,37)/b7-5-,11-10-,14-13-,17-16-,20-19-,28-26+. The number of hydrogen-bond acceptors (Lipinski definition) is 3. The van der Waals surface area contributed by atoms with Gasteiger partial charge in [0.05, 0.1) is 18.8 Å². The largest absolute Gasteiger partial charge is 0.394 e. The molecule has 0 heterocycles. The van der Waals surface area contributed by atoms with Gasteiger partial charge in [0.15, 0.2) is 0 Å². The SMILES string of the molecule is CC/C=C\C/C=C\C/C=C\C/C=C\C/C=C\CCCCCCCC(=O)NC(CO)C(O)/C=C/CCCC. The van der Waals surface area contributed by atoms with E-state index in [-0.39, 0.29) is 12.5 Å². The zero-order chi connectivity index (χ0) is 27.2. The summed E-state index contributed by atoms with van der Waals surface area (Å²) in [7, 11) is 0. The van der Waals surface area contributed by atoms with Crippen molar-refractivity contribution < 1.29 is 15.0 Å². The molecule has 0 aliphatic carbocycles. The molecule has 0 rings (SSSR count). The molecule has 4 heteroatoms. The highest BCUT2D eigenvalue weighted by Gasteiger charge is 2.17. The molecule has 0 fully saturated rings. The van der Waals surface area contributed by atoms with Gasteiger partial charge in [0.1, 0.15) is 0 Å². The van der Waals surface area contributed by atoms with Crippen molar-refractivity contribution in [2.24, 2.45) is 0 Å². The smallest absolute Gasteiger partial charge is 0.220 e. The summed E-state index contributed by atoms with van der Waals surface area (Å²) in [6.07, 6.45) is 40.1. The first-order valence-electron chi connectivity index (χ1n) is 14.7. The van der Waals surface area contributed by atoms with Gasteiger partial charge in [-0.1, -0.05) is 119 Å². The maximum atomic E-state index is 12.1. The Labute approximate surface area is 228 Å². The van der Waals surface area contributed by atoms with Crippen LogP contribution in [0.25, 0.3) is 0 Å². The predicted molar refractivity (Wildman–Crippen MR) is 160 cm³/mol. The predicted octanol–water partition coefficient (Wildman–Crippen LogP) is 8.05. The normalized spacial score (nSPS) is 14.4. The highest BCUT2D eigenvalue weighted by atomic mass is 16.3. The van der Waals surface area contributed by atoms with E-state index in [2.05, 4.69) is 79.9 Å². The number of carbonyl (C=O) groups excluding carboxylic acids is 1. The molecule has 2 atom stereocenters. The highest BCUT2D eigenvalue weighted by molar-refractivity contribution is 5.76. The number of aliphatic hydroxyl groups is 2. The van der Waals surface area contributed by atoms with Crippen LogP contribution < -0.4 is 5.32 Å². The van der Waals surface area contributed by atoms with Crippen molar-refractivity contribution in [1.29, 1.82) is 0 Å². The van der Waals surface area contributed by atoms with E-state index in [1.54, 1.807) is 6.08 Å². The lowest BCUT2D eigenvalue weighted by atomic mass is 10.1. The first kappa shape index (κ1) is 34.8. The molecule has 0 aliphatic heterocycles. The zero-order valence-corrected chi connectivity index (χ0v) is 23.7. The van der Waals surface area contributed by atoms with Crippen LogP contribution in [-0.4, -0.2) is 34.9 Å². The van der Waals surface area contributed by atoms with E-state index < -0.39 is 12.1 Å². The Morgan fingerprint density at radius 3 is 1.76 bits per heavy atom. The van der Waals surface area contributed by atoms with Gasteiger partial charge in [0.2, 0.25) is 5.91 Å². The lowest BCUT2D eigenvalue weighted by Crippen LogP contribution is -2.45. The lowest BCUT2D eigenvalue weighted by molar-refractivity contribution is -0.123. The zero-order valence-electron chi connectivity index (χ0n) is 23.7. The fraction of sp³-hybridized carbons (Fsp3) is 0.606. The first-order chi connectivity index (χ1) is 18.2. The van der Waals surface area contributed by atoms with Crippen molar-refractivity contribution in [2.45, 2.75) is 122 Å². The molecule has 0 saturated carbocycles. The summed E-state index contributed by atoms with van der Waals surface area (Å²) in [4.78, 5) is 12.1. The van der Waals surface area contributed by atoms with Crippen LogP contribution in [0.5, 0.6) is 0 Å². The van der Waals surface area contributed by atoms with E-state index in [1.165, 1.54) is 12.8 Å². The third kappa shape index (κ3) is 25.3. The minimum atomic E-state index is -0.846. The van der Waals surface area contributed by atoms with E-state index in [1.807, 2.05) is 6.08 Å². The molecule has 0 aliphatic rings. The van der Waals surface area contributed by atoms with Crippen molar-refractivity contribution in [2.75, 3.05) is 6.61 Å². The second-order valence-electron chi connectivity index (χ2n) is 9.43. The van der Waals surface area contributed by atoms with Gasteiger partial charge in [-0.3, -0.25) is 4.79 Å². The number of hydrogen-bond donors (Lipinski definition) is 3. The van der Waals surface area contributed by atoms with E-state index in [9.17, 15) is 15.0 Å². The van der Waals surface area contributed by atoms with Crippen molar-refractivity contribution in [3.05, 3.63) is 72.9 Å². The summed E-state index contributed by atoms with van der Waals surface area (Å²) in [5, 5.41) is 22.4. The molecule has 0 bridgehead atoms. The topological polar surface area (TPSA) is 69.6 Å². The van der Waals surface area contributed by atoms with Crippen LogP contribution in [0.15, 0.2) is 72.9 Å². The number of allylic oxidation sites excluding steroid dienone is 11. The molecule has 1 amide bonds. The molecule has 0 aromatic heterocycles. The average molecular weight is 514 g/mol. The maximum absolute atomic E-state index is 12.1. The van der Waals surface area contributed by atoms with E-state index in [4.69, 9.17) is 0 Å². The summed E-state index contributed by atoms with van der Waals surface area (Å²) in [5.41, 5.74) is 0. The fourth-order valence-electron chi connectivity index (χ4n) is 3.66. The quantitative estimate of drug-likeness (QED) is 0.0903. The molecule has 4 nitrogen and oxygen atoms in total. The van der Waals surface area contributed by atoms with Crippen molar-refractivity contribution in [3.63, 3.8) is 0 Å². The number of rotatable bonds is 24. The van der Waals surface area contributed by atoms with Crippen LogP contribution in [-0.2, 0) is 4.79 Å². The fourth-order valence-corrected chi connectivity index (χ4v) is 3.66. The second kappa shape index (κ2) is 28.4. The second-order valence-corrected chi connectivity index (χ2v) is 9.43. The van der Waals surface area contributed by atoms with Crippen molar-refractivity contribution in [3.8, 4) is 0 Å². The third-order valence-corrected chi connectivity index (χ3v) is 5.95. The molecule has 0 aromatic carbocycles. The monoisotopic (exact) mass is 513 g/mol. The molecule has 0 spiro atoms. The van der Waals surface area contributed by atoms with E-state index in [0.717, 1.165) is 77.0 Å². The average Bonchev–Trinajstić information content (AvgIpc) is 2.90. The molecule has 2 unspecified atom stereocenters. The number of nitrogens with one attached hydrogen (secondary N) is 1. The van der Waals surface area contributed by atoms with Crippen LogP contribution in [0.3, 0.4) is 0 Å². The van der Waals surface area contributed by atoms with Crippen LogP contribution in [0, 0.1) is 0 Å². The highest BCUT2D eigenvalue weighted by Crippen LogP contribution is 2.09. The Hall–Kier alpha value is -2.17. The van der Waals surface area contributed by atoms with Gasteiger partial charge in [-0.05, 0) is 57.8 Å². The summed E-state index contributed by atoms with van der Waals surface area (Å²) < 4.78 is 0. The Morgan fingerprint density at radius 2 is 1.19 bits per heavy atom. The molecule has 210 valence electrons. The molecule has 3 N–H and O–H groups in total. The number of carbonyl (C=O) groups is 1. The number of amides is 1. The van der Waals surface area contributed by atoms with Gasteiger partial charge < -0.3 is 15.5 Å². The van der Waals surface area contributed by atoms with Gasteiger partial charge in [0, 0.05) is 6.42 Å². The molecular formula is C33H55NO3. The van der Waals surface area contributed by atoms with E-state index >= 15 is 0 Å². The summed E-state index contributed by atoms with van der Waals surface area (Å²) in [5.74, 6) is -0.0983. The van der Waals surface area contributed by atoms with Gasteiger partial charge in [-0.15, -0.1) is 0 Å². The maximum Gasteiger partial charge on any atom is 0.220 e. The molecule has 37 heavy (non-hydrogen) atoms. The van der Waals surface area contributed by atoms with Crippen LogP contribution in [0.1, 0.15) is 110 Å². The Kier molecular flexibility index (Phi) is 26.7. The Bertz CT molecular complexity index is 688. The summed E-state index contributed by atoms with van der Waals surface area (Å²) in [6, 6.07) is -0.631. The number of unbranched alkanes of at least 4 members (excludes halogenated alkanes) is 7. The van der Waals surface area contributed by atoms with E-state index in [0.29, 0.717) is 6.42 Å². The Balaban J connectivity index is 3.67. The van der Waals surface area contributed by atoms with Crippen LogP contribution in [0.2, 0.25) is 0 Å². The third-order valence-electron chi connectivity index (χ3n) is 5.95. The van der Waals surface area contributed by atoms with Crippen LogP contribution >= 0.6 is 0 Å². The van der Waals surface area contributed by atoms with Gasteiger partial charge in [0.25, 0.3) is 0 Å². The van der Waals surface area contributed by atoms with Crippen LogP contribution in [0.4, 0.5) is 0 Å². The lowest BCUT2D eigenvalue weighted by Gasteiger charge is -2.19. The minimum absolute atomic E-state index is 0.0983. The Morgan fingerprint density at radius 1 is 0.676 bits per heavy atom. The molecule has 0 saturated heterocycles. The molecular weight excluding hydrogens is 458 g/mol. The first-order valence-corrected chi connectivity index (χ1v) is 14.7. The number of aliphatic hydroxyl groups excluding tert-OH is 2. The van der Waals surface area contributed by atoms with Gasteiger partial charge in [-0.2, -0.15) is 0 Å². The van der Waals surface area contributed by atoms with Gasteiger partial charge in [-0.25, -0.2) is 0 Å². The van der Waals surface area contributed by atoms with Gasteiger partial charge >= 0.3 is 0 Å². The summed E-state index contributed by atoms with van der Waals surface area (Å²) >= 11 is 0. The van der Waals surface area contributed by atoms with Crippen molar-refractivity contribution in [1.82, 2.24) is 5.32 Å². The molecule has 0 radical (unpaired) electrons.